The lowest BCUT2D eigenvalue weighted by molar-refractivity contribution is -0.117. The number of nitrogens with one attached hydrogen (secondary N) is 1. The molecule has 1 heterocycles. The second kappa shape index (κ2) is 9.01. The molecule has 0 radical (unpaired) electrons. The van der Waals surface area contributed by atoms with E-state index in [9.17, 15) is 4.79 Å². The Kier molecular flexibility index (Phi) is 7.00. The van der Waals surface area contributed by atoms with Crippen LogP contribution in [-0.4, -0.2) is 33.4 Å². The van der Waals surface area contributed by atoms with Crippen LogP contribution in [0.2, 0.25) is 0 Å². The van der Waals surface area contributed by atoms with Gasteiger partial charge in [-0.15, -0.1) is 10.2 Å². The molecule has 0 spiro atoms. The minimum Gasteiger partial charge on any atom is -0.355 e. The van der Waals surface area contributed by atoms with Crippen molar-refractivity contribution in [2.24, 2.45) is 0 Å². The number of hydrogen-bond donors (Lipinski definition) is 1. The minimum atomic E-state index is -0.329. The first kappa shape index (κ1) is 20.2. The summed E-state index contributed by atoms with van der Waals surface area (Å²) in [5, 5.41) is 20.9. The molecule has 1 atom stereocenters. The number of carbonyl (C=O) groups excluding carboxylic acids is 1. The fourth-order valence-electron chi connectivity index (χ4n) is 2.19. The lowest BCUT2D eigenvalue weighted by atomic mass is 10.1. The molecule has 8 heteroatoms. The number of aromatic nitrogens is 2. The first-order chi connectivity index (χ1) is 12.3. The maximum atomic E-state index is 12.9. The fraction of sp³-hybridized carbons (Fsp3) is 0.444. The van der Waals surface area contributed by atoms with E-state index in [4.69, 9.17) is 5.26 Å². The quantitative estimate of drug-likeness (QED) is 0.716. The first-order valence-electron chi connectivity index (χ1n) is 8.32. The summed E-state index contributed by atoms with van der Waals surface area (Å²) in [5.74, 6) is -0.0445. The maximum absolute atomic E-state index is 12.9. The molecular formula is C18H23N5OS2. The summed E-state index contributed by atoms with van der Waals surface area (Å²) in [5.41, 5.74) is 0.706. The number of amides is 1. The summed E-state index contributed by atoms with van der Waals surface area (Å²) in [6.45, 7) is 8.39. The van der Waals surface area contributed by atoms with Crippen LogP contribution in [0.1, 0.15) is 34.1 Å². The topological polar surface area (TPSA) is 81.9 Å². The van der Waals surface area contributed by atoms with E-state index in [1.165, 1.54) is 23.1 Å². The molecule has 26 heavy (non-hydrogen) atoms. The van der Waals surface area contributed by atoms with Gasteiger partial charge >= 0.3 is 0 Å². The van der Waals surface area contributed by atoms with Crippen LogP contribution in [0.3, 0.4) is 0 Å². The summed E-state index contributed by atoms with van der Waals surface area (Å²) < 4.78 is 0.742. The Morgan fingerprint density at radius 2 is 2.04 bits per heavy atom. The average molecular weight is 390 g/mol. The Labute approximate surface area is 162 Å². The van der Waals surface area contributed by atoms with Crippen molar-refractivity contribution < 1.29 is 4.79 Å². The minimum absolute atomic E-state index is 0.0445. The van der Waals surface area contributed by atoms with Crippen molar-refractivity contribution in [2.45, 2.75) is 49.2 Å². The molecule has 0 aliphatic heterocycles. The van der Waals surface area contributed by atoms with Gasteiger partial charge in [-0.25, -0.2) is 0 Å². The number of nitrogens with zero attached hydrogens (tertiary/aromatic N) is 4. The highest BCUT2D eigenvalue weighted by Crippen LogP contribution is 2.31. The lowest BCUT2D eigenvalue weighted by Crippen LogP contribution is -2.37. The normalized spacial score (nSPS) is 12.3. The molecular weight excluding hydrogens is 366 g/mol. The fourth-order valence-corrected chi connectivity index (χ4v) is 4.35. The predicted octanol–water partition coefficient (Wildman–Crippen LogP) is 4.18. The molecule has 2 rings (SSSR count). The Balaban J connectivity index is 2.08. The zero-order valence-corrected chi connectivity index (χ0v) is 17.0. The average Bonchev–Trinajstić information content (AvgIpc) is 3.00. The number of carbonyl (C=O) groups is 1. The molecule has 6 nitrogen and oxygen atoms in total. The number of nitriles is 1. The molecule has 2 aromatic rings. The smallest absolute Gasteiger partial charge is 0.240 e. The number of rotatable bonds is 7. The number of benzene rings is 1. The lowest BCUT2D eigenvalue weighted by Gasteiger charge is -2.24. The molecule has 0 unspecified atom stereocenters. The molecule has 0 saturated heterocycles. The van der Waals surface area contributed by atoms with E-state index in [1.807, 2.05) is 37.3 Å². The van der Waals surface area contributed by atoms with Crippen LogP contribution in [0.5, 0.6) is 0 Å². The molecule has 1 amide bonds. The molecule has 1 N–H and O–H groups in total. The van der Waals surface area contributed by atoms with Crippen molar-refractivity contribution >= 4 is 39.8 Å². The molecule has 1 aromatic carbocycles. The highest BCUT2D eigenvalue weighted by Gasteiger charge is 2.24. The van der Waals surface area contributed by atoms with E-state index in [0.717, 1.165) is 15.2 Å². The Morgan fingerprint density at radius 1 is 1.35 bits per heavy atom. The summed E-state index contributed by atoms with van der Waals surface area (Å²) in [7, 11) is 0. The largest absolute Gasteiger partial charge is 0.355 e. The maximum Gasteiger partial charge on any atom is 0.240 e. The standard InChI is InChI=1S/C18H23N5OS2/c1-13(25-17-22-21-16(26-17)20-18(2,3)4)15(24)23(12-8-11-19)14-9-6-5-7-10-14/h5-7,9-10,13H,8,12H2,1-4H3,(H,20,21)/t13-/m0/s1. The Bertz CT molecular complexity index is 764. The first-order valence-corrected chi connectivity index (χ1v) is 10.0. The van der Waals surface area contributed by atoms with E-state index in [1.54, 1.807) is 4.90 Å². The number of hydrogen-bond acceptors (Lipinski definition) is 7. The highest BCUT2D eigenvalue weighted by molar-refractivity contribution is 8.02. The third-order valence-corrected chi connectivity index (χ3v) is 5.31. The number of para-hydroxylation sites is 1. The molecule has 1 aromatic heterocycles. The summed E-state index contributed by atoms with van der Waals surface area (Å²) in [6, 6.07) is 11.5. The van der Waals surface area contributed by atoms with Gasteiger partial charge in [-0.05, 0) is 39.8 Å². The van der Waals surface area contributed by atoms with Crippen LogP contribution in [0.25, 0.3) is 0 Å². The summed E-state index contributed by atoms with van der Waals surface area (Å²) in [4.78, 5) is 14.6. The van der Waals surface area contributed by atoms with Crippen molar-refractivity contribution in [3.05, 3.63) is 30.3 Å². The zero-order chi connectivity index (χ0) is 19.2. The summed E-state index contributed by atoms with van der Waals surface area (Å²) >= 11 is 2.82. The van der Waals surface area contributed by atoms with E-state index in [0.29, 0.717) is 6.54 Å². The molecule has 0 fully saturated rings. The Hall–Kier alpha value is -2.11. The van der Waals surface area contributed by atoms with Gasteiger partial charge in [0, 0.05) is 17.8 Å². The van der Waals surface area contributed by atoms with Crippen LogP contribution in [0.15, 0.2) is 34.7 Å². The van der Waals surface area contributed by atoms with Crippen molar-refractivity contribution in [3.63, 3.8) is 0 Å². The van der Waals surface area contributed by atoms with Gasteiger partial charge in [0.2, 0.25) is 11.0 Å². The second-order valence-electron chi connectivity index (χ2n) is 6.74. The SMILES string of the molecule is C[C@H](Sc1nnc(NC(C)(C)C)s1)C(=O)N(CCC#N)c1ccccc1. The van der Waals surface area contributed by atoms with Crippen molar-refractivity contribution in [3.8, 4) is 6.07 Å². The monoisotopic (exact) mass is 389 g/mol. The molecule has 138 valence electrons. The molecule has 0 aliphatic carbocycles. The second-order valence-corrected chi connectivity index (χ2v) is 9.31. The van der Waals surface area contributed by atoms with Crippen molar-refractivity contribution in [1.29, 1.82) is 5.26 Å². The van der Waals surface area contributed by atoms with E-state index >= 15 is 0 Å². The Morgan fingerprint density at radius 3 is 2.65 bits per heavy atom. The van der Waals surface area contributed by atoms with Gasteiger partial charge in [-0.1, -0.05) is 41.3 Å². The van der Waals surface area contributed by atoms with Crippen LogP contribution >= 0.6 is 23.1 Å². The van der Waals surface area contributed by atoms with E-state index in [2.05, 4.69) is 42.4 Å². The van der Waals surface area contributed by atoms with Gasteiger partial charge in [0.05, 0.1) is 17.7 Å². The van der Waals surface area contributed by atoms with Gasteiger partial charge in [-0.3, -0.25) is 4.79 Å². The van der Waals surface area contributed by atoms with Gasteiger partial charge in [0.15, 0.2) is 4.34 Å². The third-order valence-electron chi connectivity index (χ3n) is 3.29. The molecule has 0 aliphatic rings. The summed E-state index contributed by atoms with van der Waals surface area (Å²) in [6.07, 6.45) is 0.288. The van der Waals surface area contributed by atoms with Crippen LogP contribution in [0.4, 0.5) is 10.8 Å². The predicted molar refractivity (Wildman–Crippen MR) is 108 cm³/mol. The zero-order valence-electron chi connectivity index (χ0n) is 15.4. The third kappa shape index (κ3) is 6.00. The van der Waals surface area contributed by atoms with Gasteiger partial charge in [-0.2, -0.15) is 5.26 Å². The van der Waals surface area contributed by atoms with Crippen molar-refractivity contribution in [2.75, 3.05) is 16.8 Å². The van der Waals surface area contributed by atoms with Crippen LogP contribution in [-0.2, 0) is 4.79 Å². The van der Waals surface area contributed by atoms with E-state index < -0.39 is 0 Å². The molecule has 0 bridgehead atoms. The van der Waals surface area contributed by atoms with E-state index in [-0.39, 0.29) is 23.1 Å². The number of thioether (sulfide) groups is 1. The van der Waals surface area contributed by atoms with Gasteiger partial charge in [0.1, 0.15) is 0 Å². The van der Waals surface area contributed by atoms with Crippen LogP contribution < -0.4 is 10.2 Å². The highest BCUT2D eigenvalue weighted by atomic mass is 32.2. The van der Waals surface area contributed by atoms with Crippen molar-refractivity contribution in [1.82, 2.24) is 10.2 Å². The van der Waals surface area contributed by atoms with Crippen LogP contribution in [0, 0.1) is 11.3 Å². The van der Waals surface area contributed by atoms with Gasteiger partial charge < -0.3 is 10.2 Å². The van der Waals surface area contributed by atoms with Gasteiger partial charge in [0.25, 0.3) is 0 Å². The molecule has 0 saturated carbocycles. The number of anilines is 2.